The molecule has 0 saturated heterocycles. The summed E-state index contributed by atoms with van der Waals surface area (Å²) in [5.41, 5.74) is 5.35. The van der Waals surface area contributed by atoms with Crippen LogP contribution in [0.5, 0.6) is 0 Å². The number of aryl methyl sites for hydroxylation is 2. The lowest BCUT2D eigenvalue weighted by molar-refractivity contribution is 0.446. The molecular weight excluding hydrogens is 282 g/mol. The molecule has 0 bridgehead atoms. The number of para-hydroxylation sites is 2. The quantitative estimate of drug-likeness (QED) is 0.796. The highest BCUT2D eigenvalue weighted by Crippen LogP contribution is 2.22. The van der Waals surface area contributed by atoms with Crippen molar-refractivity contribution >= 4 is 11.0 Å². The maximum Gasteiger partial charge on any atom is 0.123 e. The van der Waals surface area contributed by atoms with Crippen molar-refractivity contribution < 1.29 is 0 Å². The summed E-state index contributed by atoms with van der Waals surface area (Å²) in [6, 6.07) is 17.8. The smallest absolute Gasteiger partial charge is 0.123 e. The van der Waals surface area contributed by atoms with Crippen LogP contribution in [0.2, 0.25) is 0 Å². The fourth-order valence-corrected chi connectivity index (χ4v) is 3.72. The number of benzene rings is 2. The first-order chi connectivity index (χ1) is 11.3. The van der Waals surface area contributed by atoms with Crippen molar-refractivity contribution in [2.75, 3.05) is 0 Å². The van der Waals surface area contributed by atoms with Crippen LogP contribution in [-0.2, 0) is 25.9 Å². The summed E-state index contributed by atoms with van der Waals surface area (Å²) < 4.78 is 2.32. The van der Waals surface area contributed by atoms with Gasteiger partial charge < -0.3 is 9.88 Å². The van der Waals surface area contributed by atoms with Gasteiger partial charge in [0.25, 0.3) is 0 Å². The second-order valence-corrected chi connectivity index (χ2v) is 6.35. The minimum Gasteiger partial charge on any atom is -0.327 e. The predicted octanol–water partition coefficient (Wildman–Crippen LogP) is 3.70. The average Bonchev–Trinajstić information content (AvgIpc) is 2.97. The standard InChI is InChI=1S/C20H23N3/c1-2-23-19-10-6-5-9-18(19)22-20(23)14-21-17-12-11-15-7-3-4-8-16(15)13-17/h3-10,17,21H,2,11-14H2,1H3. The number of hydrogen-bond acceptors (Lipinski definition) is 2. The molecule has 1 N–H and O–H groups in total. The van der Waals surface area contributed by atoms with Gasteiger partial charge in [0.1, 0.15) is 5.82 Å². The Hall–Kier alpha value is -2.13. The van der Waals surface area contributed by atoms with Crippen molar-refractivity contribution in [1.82, 2.24) is 14.9 Å². The van der Waals surface area contributed by atoms with Crippen molar-refractivity contribution in [3.8, 4) is 0 Å². The molecule has 1 atom stereocenters. The summed E-state index contributed by atoms with van der Waals surface area (Å²) in [7, 11) is 0. The number of nitrogens with one attached hydrogen (secondary N) is 1. The maximum atomic E-state index is 4.81. The van der Waals surface area contributed by atoms with Crippen molar-refractivity contribution in [2.45, 2.75) is 45.3 Å². The van der Waals surface area contributed by atoms with Gasteiger partial charge >= 0.3 is 0 Å². The third kappa shape index (κ3) is 2.77. The average molecular weight is 305 g/mol. The van der Waals surface area contributed by atoms with Gasteiger partial charge in [0.2, 0.25) is 0 Å². The van der Waals surface area contributed by atoms with Crippen molar-refractivity contribution in [1.29, 1.82) is 0 Å². The first-order valence-electron chi connectivity index (χ1n) is 8.59. The highest BCUT2D eigenvalue weighted by atomic mass is 15.1. The third-order valence-corrected chi connectivity index (χ3v) is 4.95. The highest BCUT2D eigenvalue weighted by molar-refractivity contribution is 5.75. The summed E-state index contributed by atoms with van der Waals surface area (Å²) in [4.78, 5) is 4.81. The summed E-state index contributed by atoms with van der Waals surface area (Å²) in [5.74, 6) is 1.15. The monoisotopic (exact) mass is 305 g/mol. The fraction of sp³-hybridized carbons (Fsp3) is 0.350. The summed E-state index contributed by atoms with van der Waals surface area (Å²) >= 11 is 0. The fourth-order valence-electron chi connectivity index (χ4n) is 3.72. The van der Waals surface area contributed by atoms with Crippen LogP contribution in [0.3, 0.4) is 0 Å². The minimum absolute atomic E-state index is 0.551. The van der Waals surface area contributed by atoms with Crippen LogP contribution in [0.1, 0.15) is 30.3 Å². The molecule has 1 unspecified atom stereocenters. The lowest BCUT2D eigenvalue weighted by atomic mass is 9.88. The van der Waals surface area contributed by atoms with Crippen molar-refractivity contribution in [2.24, 2.45) is 0 Å². The molecule has 1 heterocycles. The predicted molar refractivity (Wildman–Crippen MR) is 94.5 cm³/mol. The maximum absolute atomic E-state index is 4.81. The number of fused-ring (bicyclic) bond motifs is 2. The summed E-state index contributed by atoms with van der Waals surface area (Å²) in [6.07, 6.45) is 3.52. The lowest BCUT2D eigenvalue weighted by Gasteiger charge is -2.25. The van der Waals surface area contributed by atoms with Gasteiger partial charge in [0.05, 0.1) is 17.6 Å². The molecule has 0 saturated carbocycles. The molecule has 0 fully saturated rings. The molecule has 4 rings (SSSR count). The van der Waals surface area contributed by atoms with Crippen LogP contribution in [0.15, 0.2) is 48.5 Å². The van der Waals surface area contributed by atoms with Gasteiger partial charge in [-0.2, -0.15) is 0 Å². The van der Waals surface area contributed by atoms with Gasteiger partial charge in [-0.15, -0.1) is 0 Å². The first kappa shape index (κ1) is 14.5. The molecule has 0 spiro atoms. The largest absolute Gasteiger partial charge is 0.327 e. The van der Waals surface area contributed by atoms with Crippen molar-refractivity contribution in [3.05, 3.63) is 65.5 Å². The van der Waals surface area contributed by atoms with Crippen LogP contribution in [-0.4, -0.2) is 15.6 Å². The molecule has 0 aliphatic heterocycles. The van der Waals surface area contributed by atoms with Gasteiger partial charge in [0.15, 0.2) is 0 Å². The van der Waals surface area contributed by atoms with E-state index in [0.29, 0.717) is 6.04 Å². The van der Waals surface area contributed by atoms with E-state index in [-0.39, 0.29) is 0 Å². The normalized spacial score (nSPS) is 17.3. The van der Waals surface area contributed by atoms with E-state index in [9.17, 15) is 0 Å². The number of nitrogens with zero attached hydrogens (tertiary/aromatic N) is 2. The number of aromatic nitrogens is 2. The van der Waals surface area contributed by atoms with Gasteiger partial charge in [-0.25, -0.2) is 4.98 Å². The Balaban J connectivity index is 1.50. The molecule has 3 aromatic rings. The van der Waals surface area contributed by atoms with Crippen LogP contribution in [0.4, 0.5) is 0 Å². The van der Waals surface area contributed by atoms with Crippen molar-refractivity contribution in [3.63, 3.8) is 0 Å². The molecule has 118 valence electrons. The zero-order chi connectivity index (χ0) is 15.6. The van der Waals surface area contributed by atoms with E-state index in [4.69, 9.17) is 4.98 Å². The molecular formula is C20H23N3. The van der Waals surface area contributed by atoms with E-state index >= 15 is 0 Å². The molecule has 1 aliphatic rings. The Morgan fingerprint density at radius 2 is 1.87 bits per heavy atom. The minimum atomic E-state index is 0.551. The number of imidazole rings is 1. The van der Waals surface area contributed by atoms with E-state index < -0.39 is 0 Å². The van der Waals surface area contributed by atoms with Gasteiger partial charge in [-0.05, 0) is 49.4 Å². The first-order valence-corrected chi connectivity index (χ1v) is 8.59. The van der Waals surface area contributed by atoms with E-state index in [1.807, 2.05) is 0 Å². The molecule has 2 aromatic carbocycles. The molecule has 3 heteroatoms. The van der Waals surface area contributed by atoms with Crippen LogP contribution in [0, 0.1) is 0 Å². The van der Waals surface area contributed by atoms with Crippen LogP contribution < -0.4 is 5.32 Å². The Labute approximate surface area is 137 Å². The molecule has 1 aliphatic carbocycles. The zero-order valence-corrected chi connectivity index (χ0v) is 13.6. The molecule has 0 amide bonds. The lowest BCUT2D eigenvalue weighted by Crippen LogP contribution is -2.34. The topological polar surface area (TPSA) is 29.9 Å². The number of rotatable bonds is 4. The Kier molecular flexibility index (Phi) is 3.88. The second kappa shape index (κ2) is 6.17. The summed E-state index contributed by atoms with van der Waals surface area (Å²) in [5, 5.41) is 3.73. The molecule has 1 aromatic heterocycles. The molecule has 3 nitrogen and oxygen atoms in total. The van der Waals surface area contributed by atoms with Crippen LogP contribution >= 0.6 is 0 Å². The Bertz CT molecular complexity index is 819. The molecule has 0 radical (unpaired) electrons. The van der Waals surface area contributed by atoms with Gasteiger partial charge in [-0.1, -0.05) is 36.4 Å². The zero-order valence-electron chi connectivity index (χ0n) is 13.6. The van der Waals surface area contributed by atoms with E-state index in [0.717, 1.165) is 30.9 Å². The second-order valence-electron chi connectivity index (χ2n) is 6.35. The Morgan fingerprint density at radius 1 is 1.09 bits per heavy atom. The van der Waals surface area contributed by atoms with Crippen LogP contribution in [0.25, 0.3) is 11.0 Å². The van der Waals surface area contributed by atoms with Gasteiger partial charge in [0, 0.05) is 12.6 Å². The van der Waals surface area contributed by atoms with E-state index in [1.165, 1.54) is 29.5 Å². The van der Waals surface area contributed by atoms with E-state index in [2.05, 4.69) is 65.3 Å². The summed E-state index contributed by atoms with van der Waals surface area (Å²) in [6.45, 7) is 3.99. The van der Waals surface area contributed by atoms with E-state index in [1.54, 1.807) is 0 Å². The third-order valence-electron chi connectivity index (χ3n) is 4.95. The number of hydrogen-bond donors (Lipinski definition) is 1. The van der Waals surface area contributed by atoms with Gasteiger partial charge in [-0.3, -0.25) is 0 Å². The highest BCUT2D eigenvalue weighted by Gasteiger charge is 2.18. The Morgan fingerprint density at radius 3 is 2.74 bits per heavy atom. The molecule has 23 heavy (non-hydrogen) atoms. The SMILES string of the molecule is CCn1c(CNC2CCc3ccccc3C2)nc2ccccc21.